The average molecular weight is 350 g/mol. The van der Waals surface area contributed by atoms with Gasteiger partial charge in [0.25, 0.3) is 0 Å². The second-order valence-electron chi connectivity index (χ2n) is 6.29. The summed E-state index contributed by atoms with van der Waals surface area (Å²) < 4.78 is 11.7. The molecule has 0 saturated carbocycles. The second kappa shape index (κ2) is 5.43. The molecule has 3 aromatic rings. The van der Waals surface area contributed by atoms with E-state index in [0.717, 1.165) is 23.1 Å². The van der Waals surface area contributed by atoms with Crippen LogP contribution >= 0.6 is 11.3 Å². The van der Waals surface area contributed by atoms with E-state index in [-0.39, 0.29) is 5.78 Å². The number of carbonyl (C=O) groups is 1. The normalized spacial score (nSPS) is 19.5. The number of carbonyl (C=O) groups excluding carboxylic acids is 1. The van der Waals surface area contributed by atoms with Gasteiger partial charge >= 0.3 is 5.63 Å². The molecule has 3 heterocycles. The molecule has 0 bridgehead atoms. The molecule has 4 nitrogen and oxygen atoms in total. The van der Waals surface area contributed by atoms with Gasteiger partial charge in [-0.05, 0) is 30.0 Å². The maximum atomic E-state index is 12.8. The lowest BCUT2D eigenvalue weighted by atomic mass is 9.80. The van der Waals surface area contributed by atoms with E-state index < -0.39 is 11.5 Å². The van der Waals surface area contributed by atoms with Crippen LogP contribution in [0.2, 0.25) is 0 Å². The summed E-state index contributed by atoms with van der Waals surface area (Å²) in [6.07, 6.45) is 2.00. The molecule has 1 aromatic carbocycles. The van der Waals surface area contributed by atoms with E-state index in [1.165, 1.54) is 0 Å². The summed E-state index contributed by atoms with van der Waals surface area (Å²) in [5.74, 6) is 0.918. The molecule has 0 amide bonds. The summed E-state index contributed by atoms with van der Waals surface area (Å²) in [6, 6.07) is 11.3. The van der Waals surface area contributed by atoms with Crippen LogP contribution in [0.3, 0.4) is 0 Å². The minimum atomic E-state index is -0.433. The third kappa shape index (κ3) is 2.12. The number of benzene rings is 1. The van der Waals surface area contributed by atoms with E-state index in [1.54, 1.807) is 17.4 Å². The predicted molar refractivity (Wildman–Crippen MR) is 95.2 cm³/mol. The molecule has 1 unspecified atom stereocenters. The first-order chi connectivity index (χ1) is 12.2. The van der Waals surface area contributed by atoms with Crippen molar-refractivity contribution in [2.24, 2.45) is 0 Å². The van der Waals surface area contributed by atoms with Crippen LogP contribution < -0.4 is 10.4 Å². The Labute approximate surface area is 147 Å². The molecule has 2 aliphatic rings. The zero-order chi connectivity index (χ0) is 17.0. The van der Waals surface area contributed by atoms with Crippen LogP contribution in [0.4, 0.5) is 0 Å². The molecule has 0 spiro atoms. The highest BCUT2D eigenvalue weighted by Gasteiger charge is 2.40. The van der Waals surface area contributed by atoms with Crippen molar-refractivity contribution in [1.29, 1.82) is 0 Å². The van der Waals surface area contributed by atoms with Crippen molar-refractivity contribution < 1.29 is 13.9 Å². The number of thiophene rings is 1. The number of ketones is 1. The van der Waals surface area contributed by atoms with Gasteiger partial charge in [-0.3, -0.25) is 4.79 Å². The van der Waals surface area contributed by atoms with Crippen molar-refractivity contribution in [3.8, 4) is 5.75 Å². The smallest absolute Gasteiger partial charge is 0.344 e. The molecular formula is C20H14O4S. The van der Waals surface area contributed by atoms with Gasteiger partial charge in [-0.2, -0.15) is 0 Å². The fourth-order valence-corrected chi connectivity index (χ4v) is 4.61. The van der Waals surface area contributed by atoms with Gasteiger partial charge in [0.15, 0.2) is 5.78 Å². The summed E-state index contributed by atoms with van der Waals surface area (Å²) in [5.41, 5.74) is 1.14. The monoisotopic (exact) mass is 350 g/mol. The van der Waals surface area contributed by atoms with Crippen molar-refractivity contribution >= 4 is 28.1 Å². The van der Waals surface area contributed by atoms with Gasteiger partial charge in [0.05, 0.1) is 16.9 Å². The van der Waals surface area contributed by atoms with E-state index in [4.69, 9.17) is 9.15 Å². The molecular weight excluding hydrogens is 336 g/mol. The standard InChI is InChI=1S/C20H14O4S/c21-12-6-3-8-14-16(12)17(15-9-4-10-25-15)18-19(23-14)11-5-1-2-7-13(11)24-20(18)22/h1-2,4-5,7,9-10,17H,3,6,8H2. The molecule has 124 valence electrons. The van der Waals surface area contributed by atoms with Crippen LogP contribution in [0, 0.1) is 0 Å². The van der Waals surface area contributed by atoms with Crippen molar-refractivity contribution in [3.05, 3.63) is 74.0 Å². The Morgan fingerprint density at radius 2 is 1.92 bits per heavy atom. The van der Waals surface area contributed by atoms with Crippen LogP contribution in [0.25, 0.3) is 11.0 Å². The zero-order valence-electron chi connectivity index (χ0n) is 13.3. The van der Waals surface area contributed by atoms with Crippen LogP contribution in [0.15, 0.2) is 62.3 Å². The highest BCUT2D eigenvalue weighted by molar-refractivity contribution is 7.10. The van der Waals surface area contributed by atoms with Crippen molar-refractivity contribution in [3.63, 3.8) is 0 Å². The van der Waals surface area contributed by atoms with Crippen molar-refractivity contribution in [2.45, 2.75) is 25.2 Å². The first kappa shape index (κ1) is 14.7. The summed E-state index contributed by atoms with van der Waals surface area (Å²) in [4.78, 5) is 26.4. The molecule has 1 aliphatic carbocycles. The highest BCUT2D eigenvalue weighted by atomic mass is 32.1. The Hall–Kier alpha value is -2.66. The quantitative estimate of drug-likeness (QED) is 0.611. The minimum Gasteiger partial charge on any atom is -0.460 e. The molecule has 2 aromatic heterocycles. The van der Waals surface area contributed by atoms with Gasteiger partial charge in [-0.25, -0.2) is 4.79 Å². The number of allylic oxidation sites excluding steroid dienone is 2. The molecule has 0 saturated heterocycles. The minimum absolute atomic E-state index is 0.0675. The molecule has 5 heteroatoms. The topological polar surface area (TPSA) is 56.5 Å². The summed E-state index contributed by atoms with van der Waals surface area (Å²) in [7, 11) is 0. The molecule has 0 radical (unpaired) electrons. The van der Waals surface area contributed by atoms with E-state index in [9.17, 15) is 9.59 Å². The number of rotatable bonds is 1. The Balaban J connectivity index is 1.88. The number of fused-ring (bicyclic) bond motifs is 3. The van der Waals surface area contributed by atoms with Crippen molar-refractivity contribution in [1.82, 2.24) is 0 Å². The fraction of sp³-hybridized carbons (Fsp3) is 0.200. The van der Waals surface area contributed by atoms with Gasteiger partial charge in [0.2, 0.25) is 0 Å². The summed E-state index contributed by atoms with van der Waals surface area (Å²) in [5, 5.41) is 2.73. The number of hydrogen-bond acceptors (Lipinski definition) is 5. The molecule has 1 atom stereocenters. The van der Waals surface area contributed by atoms with Crippen LogP contribution in [0.1, 0.15) is 35.6 Å². The largest absolute Gasteiger partial charge is 0.460 e. The predicted octanol–water partition coefficient (Wildman–Crippen LogP) is 4.39. The number of Topliss-reactive ketones (excluding diaryl/α,β-unsaturated/α-hetero) is 1. The molecule has 0 fully saturated rings. The third-order valence-electron chi connectivity index (χ3n) is 4.84. The van der Waals surface area contributed by atoms with Gasteiger partial charge in [0.1, 0.15) is 17.1 Å². The molecule has 1 aliphatic heterocycles. The highest BCUT2D eigenvalue weighted by Crippen LogP contribution is 2.48. The number of ether oxygens (including phenoxy) is 1. The number of para-hydroxylation sites is 1. The molecule has 25 heavy (non-hydrogen) atoms. The zero-order valence-corrected chi connectivity index (χ0v) is 14.1. The lowest BCUT2D eigenvalue weighted by molar-refractivity contribution is -0.116. The van der Waals surface area contributed by atoms with Gasteiger partial charge < -0.3 is 9.15 Å². The lowest BCUT2D eigenvalue weighted by Crippen LogP contribution is -2.29. The van der Waals surface area contributed by atoms with Crippen LogP contribution in [0.5, 0.6) is 5.75 Å². The summed E-state index contributed by atoms with van der Waals surface area (Å²) in [6.45, 7) is 0. The van der Waals surface area contributed by atoms with Crippen LogP contribution in [-0.4, -0.2) is 5.78 Å². The van der Waals surface area contributed by atoms with Gasteiger partial charge in [-0.1, -0.05) is 18.2 Å². The van der Waals surface area contributed by atoms with Gasteiger partial charge in [-0.15, -0.1) is 11.3 Å². The number of hydrogen-bond donors (Lipinski definition) is 0. The SMILES string of the molecule is O=C1CCCC2=C1C(c1cccs1)c1c(c3ccccc3oc1=O)O2. The Kier molecular flexibility index (Phi) is 3.18. The second-order valence-corrected chi connectivity index (χ2v) is 7.27. The fourth-order valence-electron chi connectivity index (χ4n) is 3.76. The van der Waals surface area contributed by atoms with Gasteiger partial charge in [0, 0.05) is 23.3 Å². The third-order valence-corrected chi connectivity index (χ3v) is 5.77. The summed E-state index contributed by atoms with van der Waals surface area (Å²) >= 11 is 1.54. The Bertz CT molecular complexity index is 1090. The molecule has 5 rings (SSSR count). The molecule has 0 N–H and O–H groups in total. The maximum Gasteiger partial charge on any atom is 0.344 e. The lowest BCUT2D eigenvalue weighted by Gasteiger charge is -2.31. The average Bonchev–Trinajstić information content (AvgIpc) is 3.15. The van der Waals surface area contributed by atoms with Crippen LogP contribution in [-0.2, 0) is 4.79 Å². The maximum absolute atomic E-state index is 12.8. The Morgan fingerprint density at radius 3 is 2.76 bits per heavy atom. The van der Waals surface area contributed by atoms with E-state index >= 15 is 0 Å². The Morgan fingerprint density at radius 1 is 1.04 bits per heavy atom. The van der Waals surface area contributed by atoms with E-state index in [1.807, 2.05) is 35.7 Å². The van der Waals surface area contributed by atoms with E-state index in [2.05, 4.69) is 0 Å². The van der Waals surface area contributed by atoms with E-state index in [0.29, 0.717) is 34.6 Å². The first-order valence-electron chi connectivity index (χ1n) is 8.27. The van der Waals surface area contributed by atoms with Crippen molar-refractivity contribution in [2.75, 3.05) is 0 Å². The first-order valence-corrected chi connectivity index (χ1v) is 9.15.